The van der Waals surface area contributed by atoms with Crippen LogP contribution in [0, 0.1) is 23.7 Å². The van der Waals surface area contributed by atoms with E-state index in [0.29, 0.717) is 5.75 Å². The lowest BCUT2D eigenvalue weighted by Gasteiger charge is -2.51. The van der Waals surface area contributed by atoms with Crippen LogP contribution in [0.1, 0.15) is 44.6 Å². The molecule has 0 radical (unpaired) electrons. The Hall–Kier alpha value is -1.57. The van der Waals surface area contributed by atoms with Crippen LogP contribution in [0.15, 0.2) is 29.8 Å². The Morgan fingerprint density at radius 2 is 1.76 bits per heavy atom. The van der Waals surface area contributed by atoms with Gasteiger partial charge in [-0.3, -0.25) is 4.79 Å². The lowest BCUT2D eigenvalue weighted by molar-refractivity contribution is -0.131. The number of benzene rings is 1. The van der Waals surface area contributed by atoms with E-state index in [1.165, 1.54) is 44.6 Å². The average molecular weight is 282 g/mol. The first-order chi connectivity index (χ1) is 10.2. The van der Waals surface area contributed by atoms with Crippen molar-refractivity contribution >= 4 is 12.0 Å². The minimum absolute atomic E-state index is 0.255. The van der Waals surface area contributed by atoms with Crippen LogP contribution < -0.4 is 4.74 Å². The molecule has 4 bridgehead atoms. The van der Waals surface area contributed by atoms with Crippen LogP contribution in [0.25, 0.3) is 6.08 Å². The second-order valence-corrected chi connectivity index (χ2v) is 7.11. The quantitative estimate of drug-likeness (QED) is 0.591. The Bertz CT molecular complexity index is 569. The van der Waals surface area contributed by atoms with Crippen LogP contribution in [-0.2, 0) is 4.79 Å². The molecule has 0 amide bonds. The molecule has 2 heteroatoms. The summed E-state index contributed by atoms with van der Waals surface area (Å²) in [4.78, 5) is 11.1. The Morgan fingerprint density at radius 1 is 1.10 bits per heavy atom. The van der Waals surface area contributed by atoms with E-state index in [2.05, 4.69) is 12.1 Å². The monoisotopic (exact) mass is 282 g/mol. The van der Waals surface area contributed by atoms with Gasteiger partial charge in [0, 0.05) is 6.92 Å². The van der Waals surface area contributed by atoms with Crippen molar-refractivity contribution in [3.8, 4) is 5.75 Å². The van der Waals surface area contributed by atoms with Gasteiger partial charge in [-0.05, 0) is 73.5 Å². The number of ether oxygens (including phenoxy) is 1. The van der Waals surface area contributed by atoms with E-state index in [1.54, 1.807) is 5.57 Å². The summed E-state index contributed by atoms with van der Waals surface area (Å²) in [7, 11) is 0. The minimum atomic E-state index is -0.255. The van der Waals surface area contributed by atoms with Crippen molar-refractivity contribution < 1.29 is 9.53 Å². The summed E-state index contributed by atoms with van der Waals surface area (Å²) in [5.41, 5.74) is 2.85. The molecule has 0 N–H and O–H groups in total. The molecule has 0 spiro atoms. The molecule has 0 aromatic heterocycles. The Kier molecular flexibility index (Phi) is 3.13. The van der Waals surface area contributed by atoms with Gasteiger partial charge in [-0.25, -0.2) is 0 Å². The van der Waals surface area contributed by atoms with Crippen LogP contribution >= 0.6 is 0 Å². The van der Waals surface area contributed by atoms with Crippen molar-refractivity contribution in [2.75, 3.05) is 0 Å². The van der Waals surface area contributed by atoms with Gasteiger partial charge in [0.25, 0.3) is 0 Å². The molecule has 5 rings (SSSR count). The zero-order valence-electron chi connectivity index (χ0n) is 12.5. The van der Waals surface area contributed by atoms with Crippen LogP contribution in [0.3, 0.4) is 0 Å². The van der Waals surface area contributed by atoms with Crippen LogP contribution in [0.4, 0.5) is 0 Å². The van der Waals surface area contributed by atoms with Crippen molar-refractivity contribution in [1.29, 1.82) is 0 Å². The van der Waals surface area contributed by atoms with E-state index < -0.39 is 0 Å². The fourth-order valence-corrected chi connectivity index (χ4v) is 4.99. The number of allylic oxidation sites excluding steroid dienone is 1. The molecule has 4 aliphatic carbocycles. The summed E-state index contributed by atoms with van der Waals surface area (Å²) in [6.07, 6.45) is 9.48. The molecule has 21 heavy (non-hydrogen) atoms. The topological polar surface area (TPSA) is 26.3 Å². The van der Waals surface area contributed by atoms with E-state index in [4.69, 9.17) is 4.74 Å². The first-order valence-corrected chi connectivity index (χ1v) is 8.17. The van der Waals surface area contributed by atoms with Gasteiger partial charge in [-0.15, -0.1) is 0 Å². The summed E-state index contributed by atoms with van der Waals surface area (Å²) >= 11 is 0. The van der Waals surface area contributed by atoms with Gasteiger partial charge < -0.3 is 4.74 Å². The average Bonchev–Trinajstić information content (AvgIpc) is 2.42. The zero-order chi connectivity index (χ0) is 14.4. The largest absolute Gasteiger partial charge is 0.427 e. The molecule has 0 atom stereocenters. The van der Waals surface area contributed by atoms with E-state index in [-0.39, 0.29) is 5.97 Å². The Balaban J connectivity index is 1.61. The van der Waals surface area contributed by atoms with Crippen molar-refractivity contribution in [3.05, 3.63) is 35.4 Å². The molecule has 2 nitrogen and oxygen atoms in total. The van der Waals surface area contributed by atoms with Gasteiger partial charge >= 0.3 is 5.97 Å². The third kappa shape index (κ3) is 2.52. The predicted molar refractivity (Wildman–Crippen MR) is 82.8 cm³/mol. The predicted octanol–water partition coefficient (Wildman–Crippen LogP) is 4.45. The Morgan fingerprint density at radius 3 is 2.38 bits per heavy atom. The fraction of sp³-hybridized carbons (Fsp3) is 0.526. The van der Waals surface area contributed by atoms with Crippen LogP contribution in [0.2, 0.25) is 0 Å². The van der Waals surface area contributed by atoms with E-state index in [9.17, 15) is 4.79 Å². The maximum atomic E-state index is 11.1. The molecule has 0 aliphatic heterocycles. The second-order valence-electron chi connectivity index (χ2n) is 7.11. The summed E-state index contributed by atoms with van der Waals surface area (Å²) < 4.78 is 5.19. The highest BCUT2D eigenvalue weighted by Gasteiger charge is 2.44. The van der Waals surface area contributed by atoms with Gasteiger partial charge in [0.2, 0.25) is 0 Å². The number of carbonyl (C=O) groups excluding carboxylic acids is 1. The van der Waals surface area contributed by atoms with E-state index in [1.807, 2.05) is 18.2 Å². The Labute approximate surface area is 126 Å². The highest BCUT2D eigenvalue weighted by molar-refractivity contribution is 5.70. The van der Waals surface area contributed by atoms with Gasteiger partial charge in [-0.2, -0.15) is 0 Å². The lowest BCUT2D eigenvalue weighted by atomic mass is 9.54. The van der Waals surface area contributed by atoms with Gasteiger partial charge in [0.15, 0.2) is 0 Å². The molecule has 0 unspecified atom stereocenters. The second kappa shape index (κ2) is 5.01. The summed E-state index contributed by atoms with van der Waals surface area (Å²) in [5.74, 6) is 4.03. The van der Waals surface area contributed by atoms with Gasteiger partial charge in [-0.1, -0.05) is 23.8 Å². The zero-order valence-corrected chi connectivity index (χ0v) is 12.5. The molecule has 0 heterocycles. The number of carbonyl (C=O) groups is 1. The number of hydrogen-bond donors (Lipinski definition) is 0. The van der Waals surface area contributed by atoms with Gasteiger partial charge in [0.05, 0.1) is 0 Å². The number of hydrogen-bond acceptors (Lipinski definition) is 2. The SMILES string of the molecule is CC(=O)Oc1cccc(C=C2C3CC4CC(C3)CC2C4)c1. The molecule has 0 saturated heterocycles. The smallest absolute Gasteiger partial charge is 0.308 e. The van der Waals surface area contributed by atoms with Crippen molar-refractivity contribution in [1.82, 2.24) is 0 Å². The fourth-order valence-electron chi connectivity index (χ4n) is 4.99. The lowest BCUT2D eigenvalue weighted by Crippen LogP contribution is -2.40. The van der Waals surface area contributed by atoms with Gasteiger partial charge in [0.1, 0.15) is 5.75 Å². The summed E-state index contributed by atoms with van der Waals surface area (Å²) in [6, 6.07) is 7.92. The normalized spacial score (nSPS) is 33.1. The summed E-state index contributed by atoms with van der Waals surface area (Å²) in [5, 5.41) is 0. The highest BCUT2D eigenvalue weighted by Crippen LogP contribution is 2.56. The first kappa shape index (κ1) is 13.1. The number of esters is 1. The highest BCUT2D eigenvalue weighted by atomic mass is 16.5. The minimum Gasteiger partial charge on any atom is -0.427 e. The number of rotatable bonds is 2. The van der Waals surface area contributed by atoms with E-state index >= 15 is 0 Å². The molecule has 110 valence electrons. The first-order valence-electron chi connectivity index (χ1n) is 8.17. The maximum Gasteiger partial charge on any atom is 0.308 e. The maximum absolute atomic E-state index is 11.1. The molecular weight excluding hydrogens is 260 g/mol. The standard InChI is InChI=1S/C19H22O2/c1-12(20)21-18-4-2-3-13(10-18)11-19-16-6-14-5-15(8-16)9-17(19)7-14/h2-4,10-11,14-17H,5-9H2,1H3. The molecule has 4 fully saturated rings. The van der Waals surface area contributed by atoms with E-state index in [0.717, 1.165) is 23.7 Å². The molecular formula is C19H22O2. The molecule has 1 aromatic carbocycles. The molecule has 4 saturated carbocycles. The molecule has 4 aliphatic rings. The van der Waals surface area contributed by atoms with Crippen molar-refractivity contribution in [2.45, 2.75) is 39.0 Å². The van der Waals surface area contributed by atoms with Crippen LogP contribution in [0.5, 0.6) is 5.75 Å². The third-order valence-electron chi connectivity index (χ3n) is 5.53. The van der Waals surface area contributed by atoms with Crippen molar-refractivity contribution in [2.24, 2.45) is 23.7 Å². The van der Waals surface area contributed by atoms with Crippen molar-refractivity contribution in [3.63, 3.8) is 0 Å². The van der Waals surface area contributed by atoms with Crippen LogP contribution in [-0.4, -0.2) is 5.97 Å². The molecule has 1 aromatic rings. The summed E-state index contributed by atoms with van der Waals surface area (Å²) in [6.45, 7) is 1.45. The third-order valence-corrected chi connectivity index (χ3v) is 5.53.